The number of hydrogen-bond donors (Lipinski definition) is 2. The zero-order valence-electron chi connectivity index (χ0n) is 11.0. The van der Waals surface area contributed by atoms with Crippen LogP contribution in [0.2, 0.25) is 0 Å². The first-order chi connectivity index (χ1) is 9.22. The van der Waals surface area contributed by atoms with Crippen LogP contribution >= 0.6 is 11.3 Å². The second-order valence-corrected chi connectivity index (χ2v) is 5.32. The summed E-state index contributed by atoms with van der Waals surface area (Å²) in [5.41, 5.74) is 8.13. The van der Waals surface area contributed by atoms with Gasteiger partial charge in [-0.1, -0.05) is 18.2 Å². The third kappa shape index (κ3) is 3.56. The van der Waals surface area contributed by atoms with Gasteiger partial charge in [0.15, 0.2) is 0 Å². The molecule has 0 radical (unpaired) electrons. The summed E-state index contributed by atoms with van der Waals surface area (Å²) in [6.45, 7) is 2.05. The molecule has 0 saturated heterocycles. The Bertz CT molecular complexity index is 497. The summed E-state index contributed by atoms with van der Waals surface area (Å²) in [5.74, 6) is 0.796. The fourth-order valence-corrected chi connectivity index (χ4v) is 2.68. The summed E-state index contributed by atoms with van der Waals surface area (Å²) in [6, 6.07) is 9.71. The Labute approximate surface area is 117 Å². The lowest BCUT2D eigenvalue weighted by atomic mass is 10.1. The van der Waals surface area contributed by atoms with Crippen molar-refractivity contribution >= 4 is 11.3 Å². The molecule has 2 unspecified atom stereocenters. The number of benzene rings is 1. The van der Waals surface area contributed by atoms with Crippen LogP contribution in [0.3, 0.4) is 0 Å². The van der Waals surface area contributed by atoms with Crippen LogP contribution in [0.1, 0.15) is 24.2 Å². The lowest BCUT2D eigenvalue weighted by molar-refractivity contribution is 0.178. The molecular weight excluding hydrogens is 258 g/mol. The molecule has 0 aliphatic carbocycles. The number of nitrogens with two attached hydrogens (primary N) is 1. The largest absolute Gasteiger partial charge is 0.484 e. The first kappa shape index (κ1) is 14.1. The van der Waals surface area contributed by atoms with E-state index in [1.165, 1.54) is 0 Å². The van der Waals surface area contributed by atoms with E-state index in [1.807, 2.05) is 42.6 Å². The van der Waals surface area contributed by atoms with Crippen LogP contribution in [0.25, 0.3) is 0 Å². The molecule has 0 saturated carbocycles. The summed E-state index contributed by atoms with van der Waals surface area (Å²) < 4.78 is 6.07. The minimum atomic E-state index is -0.161. The molecule has 19 heavy (non-hydrogen) atoms. The molecule has 0 bridgehead atoms. The molecule has 2 atom stereocenters. The van der Waals surface area contributed by atoms with Crippen molar-refractivity contribution in [1.29, 1.82) is 0 Å². The standard InChI is InChI=1S/C15H19NO2S/c1-11(16)15(13-7-9-19-10-13)18-14-5-3-2-4-12(14)6-8-17/h2-5,7,9-11,15,17H,6,8,16H2,1H3. The van der Waals surface area contributed by atoms with Crippen molar-refractivity contribution in [3.8, 4) is 5.75 Å². The number of aliphatic hydroxyl groups excluding tert-OH is 1. The number of para-hydroxylation sites is 1. The summed E-state index contributed by atoms with van der Waals surface area (Å²) in [6.07, 6.45) is 0.428. The van der Waals surface area contributed by atoms with E-state index < -0.39 is 0 Å². The van der Waals surface area contributed by atoms with Gasteiger partial charge >= 0.3 is 0 Å². The molecule has 1 aromatic heterocycles. The minimum Gasteiger partial charge on any atom is -0.484 e. The van der Waals surface area contributed by atoms with Crippen LogP contribution in [-0.4, -0.2) is 17.8 Å². The van der Waals surface area contributed by atoms with Gasteiger partial charge < -0.3 is 15.6 Å². The average molecular weight is 277 g/mol. The summed E-state index contributed by atoms with van der Waals surface area (Å²) in [7, 11) is 0. The average Bonchev–Trinajstić information content (AvgIpc) is 2.91. The second-order valence-electron chi connectivity index (χ2n) is 4.54. The maximum Gasteiger partial charge on any atom is 0.139 e. The van der Waals surface area contributed by atoms with Crippen molar-refractivity contribution in [1.82, 2.24) is 0 Å². The molecule has 2 aromatic rings. The summed E-state index contributed by atoms with van der Waals surface area (Å²) >= 11 is 1.63. The van der Waals surface area contributed by atoms with Crippen LogP contribution < -0.4 is 10.5 Å². The van der Waals surface area contributed by atoms with Crippen molar-refractivity contribution in [3.63, 3.8) is 0 Å². The molecule has 102 valence electrons. The highest BCUT2D eigenvalue weighted by atomic mass is 32.1. The van der Waals surface area contributed by atoms with Crippen LogP contribution in [0.15, 0.2) is 41.1 Å². The maximum absolute atomic E-state index is 9.09. The second kappa shape index (κ2) is 6.70. The van der Waals surface area contributed by atoms with E-state index in [-0.39, 0.29) is 18.8 Å². The van der Waals surface area contributed by atoms with Crippen LogP contribution in [0, 0.1) is 0 Å². The van der Waals surface area contributed by atoms with Crippen molar-refractivity contribution in [3.05, 3.63) is 52.2 Å². The molecule has 0 amide bonds. The Kier molecular flexibility index (Phi) is 4.96. The van der Waals surface area contributed by atoms with Gasteiger partial charge in [0.2, 0.25) is 0 Å². The quantitative estimate of drug-likeness (QED) is 0.853. The highest BCUT2D eigenvalue weighted by Crippen LogP contribution is 2.28. The van der Waals surface area contributed by atoms with Crippen LogP contribution in [0.4, 0.5) is 0 Å². The van der Waals surface area contributed by atoms with E-state index in [4.69, 9.17) is 15.6 Å². The molecule has 0 spiro atoms. The molecule has 1 heterocycles. The van der Waals surface area contributed by atoms with E-state index in [1.54, 1.807) is 11.3 Å². The Balaban J connectivity index is 2.22. The number of hydrogen-bond acceptors (Lipinski definition) is 4. The van der Waals surface area contributed by atoms with Gasteiger partial charge in [-0.2, -0.15) is 11.3 Å². The molecule has 2 rings (SSSR count). The molecule has 4 heteroatoms. The van der Waals surface area contributed by atoms with Crippen molar-refractivity contribution < 1.29 is 9.84 Å². The van der Waals surface area contributed by atoms with E-state index in [2.05, 4.69) is 5.38 Å². The molecule has 1 aromatic carbocycles. The molecular formula is C15H19NO2S. The van der Waals surface area contributed by atoms with E-state index >= 15 is 0 Å². The normalized spacial score (nSPS) is 14.1. The van der Waals surface area contributed by atoms with Gasteiger partial charge in [0.25, 0.3) is 0 Å². The summed E-state index contributed by atoms with van der Waals surface area (Å²) in [5, 5.41) is 13.2. The smallest absolute Gasteiger partial charge is 0.139 e. The van der Waals surface area contributed by atoms with Gasteiger partial charge in [-0.15, -0.1) is 0 Å². The molecule has 3 N–H and O–H groups in total. The Morgan fingerprint density at radius 2 is 2.11 bits per heavy atom. The lowest BCUT2D eigenvalue weighted by Gasteiger charge is -2.23. The summed E-state index contributed by atoms with van der Waals surface area (Å²) in [4.78, 5) is 0. The van der Waals surface area contributed by atoms with Gasteiger partial charge in [0.05, 0.1) is 0 Å². The SMILES string of the molecule is CC(N)C(Oc1ccccc1CCO)c1ccsc1. The Morgan fingerprint density at radius 3 is 2.74 bits per heavy atom. The van der Waals surface area contributed by atoms with Gasteiger partial charge in [-0.05, 0) is 41.8 Å². The van der Waals surface area contributed by atoms with Gasteiger partial charge in [-0.25, -0.2) is 0 Å². The number of thiophene rings is 1. The number of rotatable bonds is 6. The zero-order valence-corrected chi connectivity index (χ0v) is 11.8. The van der Waals surface area contributed by atoms with Crippen LogP contribution in [-0.2, 0) is 6.42 Å². The van der Waals surface area contributed by atoms with E-state index in [9.17, 15) is 0 Å². The first-order valence-corrected chi connectivity index (χ1v) is 7.29. The topological polar surface area (TPSA) is 55.5 Å². The lowest BCUT2D eigenvalue weighted by Crippen LogP contribution is -2.29. The minimum absolute atomic E-state index is 0.100. The highest BCUT2D eigenvalue weighted by molar-refractivity contribution is 7.07. The third-order valence-corrected chi connectivity index (χ3v) is 3.66. The molecule has 0 aliphatic heterocycles. The highest BCUT2D eigenvalue weighted by Gasteiger charge is 2.19. The van der Waals surface area contributed by atoms with Gasteiger partial charge in [0, 0.05) is 18.2 Å². The molecule has 0 fully saturated rings. The van der Waals surface area contributed by atoms with Crippen molar-refractivity contribution in [2.75, 3.05) is 6.61 Å². The van der Waals surface area contributed by atoms with Gasteiger partial charge in [-0.3, -0.25) is 0 Å². The predicted octanol–water partition coefficient (Wildman–Crippen LogP) is 2.75. The van der Waals surface area contributed by atoms with E-state index in [0.717, 1.165) is 16.9 Å². The van der Waals surface area contributed by atoms with Gasteiger partial charge in [0.1, 0.15) is 11.9 Å². The first-order valence-electron chi connectivity index (χ1n) is 6.35. The van der Waals surface area contributed by atoms with Crippen molar-refractivity contribution in [2.24, 2.45) is 5.73 Å². The fraction of sp³-hybridized carbons (Fsp3) is 0.333. The predicted molar refractivity (Wildman–Crippen MR) is 78.6 cm³/mol. The Hall–Kier alpha value is -1.36. The fourth-order valence-electron chi connectivity index (χ4n) is 2.00. The number of aliphatic hydroxyl groups is 1. The van der Waals surface area contributed by atoms with Crippen LogP contribution in [0.5, 0.6) is 5.75 Å². The Morgan fingerprint density at radius 1 is 1.32 bits per heavy atom. The van der Waals surface area contributed by atoms with E-state index in [0.29, 0.717) is 6.42 Å². The maximum atomic E-state index is 9.09. The molecule has 0 aliphatic rings. The van der Waals surface area contributed by atoms with Crippen molar-refractivity contribution in [2.45, 2.75) is 25.5 Å². The third-order valence-electron chi connectivity index (χ3n) is 2.96. The zero-order chi connectivity index (χ0) is 13.7. The molecule has 3 nitrogen and oxygen atoms in total. The number of ether oxygens (including phenoxy) is 1. The monoisotopic (exact) mass is 277 g/mol.